The maximum Gasteiger partial charge on any atom is 0.227 e. The van der Waals surface area contributed by atoms with Crippen LogP contribution in [0.5, 0.6) is 11.6 Å². The SMILES string of the molecule is CCCCC(CC)Cn1c(O)cc(=O)c(O)c1C. The van der Waals surface area contributed by atoms with Crippen LogP contribution in [0.15, 0.2) is 10.9 Å². The molecule has 102 valence electrons. The van der Waals surface area contributed by atoms with Crippen LogP contribution in [-0.4, -0.2) is 14.8 Å². The van der Waals surface area contributed by atoms with Gasteiger partial charge < -0.3 is 14.8 Å². The van der Waals surface area contributed by atoms with Crippen molar-refractivity contribution in [3.05, 3.63) is 22.0 Å². The second kappa shape index (κ2) is 6.47. The third-order valence-corrected chi connectivity index (χ3v) is 3.50. The molecule has 18 heavy (non-hydrogen) atoms. The Hall–Kier alpha value is -1.45. The molecule has 1 aromatic rings. The van der Waals surface area contributed by atoms with E-state index in [-0.39, 0.29) is 11.6 Å². The van der Waals surface area contributed by atoms with Crippen molar-refractivity contribution in [1.82, 2.24) is 4.57 Å². The summed E-state index contributed by atoms with van der Waals surface area (Å²) in [5.41, 5.74) is -0.0854. The molecule has 0 amide bonds. The molecule has 0 saturated carbocycles. The number of hydrogen-bond acceptors (Lipinski definition) is 3. The van der Waals surface area contributed by atoms with Gasteiger partial charge in [0.25, 0.3) is 0 Å². The predicted molar refractivity (Wildman–Crippen MR) is 72.1 cm³/mol. The normalized spacial score (nSPS) is 12.6. The fraction of sp³-hybridized carbons (Fsp3) is 0.643. The number of rotatable bonds is 6. The van der Waals surface area contributed by atoms with Gasteiger partial charge in [0.05, 0.1) is 5.69 Å². The highest BCUT2D eigenvalue weighted by atomic mass is 16.3. The zero-order valence-electron chi connectivity index (χ0n) is 11.4. The highest BCUT2D eigenvalue weighted by Crippen LogP contribution is 2.22. The summed E-state index contributed by atoms with van der Waals surface area (Å²) in [6.07, 6.45) is 4.42. The number of nitrogens with zero attached hydrogens (tertiary/aromatic N) is 1. The van der Waals surface area contributed by atoms with E-state index in [2.05, 4.69) is 13.8 Å². The van der Waals surface area contributed by atoms with Gasteiger partial charge in [-0.1, -0.05) is 33.1 Å². The van der Waals surface area contributed by atoms with Crippen LogP contribution >= 0.6 is 0 Å². The van der Waals surface area contributed by atoms with E-state index < -0.39 is 5.43 Å². The average molecular weight is 253 g/mol. The Morgan fingerprint density at radius 1 is 1.33 bits per heavy atom. The molecule has 0 bridgehead atoms. The molecule has 1 unspecified atom stereocenters. The third-order valence-electron chi connectivity index (χ3n) is 3.50. The summed E-state index contributed by atoms with van der Waals surface area (Å²) >= 11 is 0. The maximum atomic E-state index is 11.3. The summed E-state index contributed by atoms with van der Waals surface area (Å²) in [6.45, 7) is 6.57. The average Bonchev–Trinajstić information content (AvgIpc) is 2.35. The van der Waals surface area contributed by atoms with E-state index in [1.807, 2.05) is 0 Å². The van der Waals surface area contributed by atoms with Gasteiger partial charge in [0.15, 0.2) is 11.6 Å². The molecule has 0 fully saturated rings. The fourth-order valence-electron chi connectivity index (χ4n) is 2.15. The first-order valence-electron chi connectivity index (χ1n) is 6.63. The Kier molecular flexibility index (Phi) is 5.25. The van der Waals surface area contributed by atoms with Gasteiger partial charge >= 0.3 is 0 Å². The number of hydrogen-bond donors (Lipinski definition) is 2. The maximum absolute atomic E-state index is 11.3. The van der Waals surface area contributed by atoms with E-state index in [1.165, 1.54) is 0 Å². The Bertz CT molecular complexity index is 451. The van der Waals surface area contributed by atoms with Crippen LogP contribution in [0, 0.1) is 12.8 Å². The molecule has 0 aliphatic heterocycles. The van der Waals surface area contributed by atoms with Crippen molar-refractivity contribution >= 4 is 0 Å². The van der Waals surface area contributed by atoms with Crippen LogP contribution in [-0.2, 0) is 6.54 Å². The molecular formula is C14H23NO3. The molecule has 0 saturated heterocycles. The van der Waals surface area contributed by atoms with Gasteiger partial charge in [-0.25, -0.2) is 0 Å². The lowest BCUT2D eigenvalue weighted by atomic mass is 9.99. The topological polar surface area (TPSA) is 62.5 Å². The molecule has 0 aliphatic rings. The van der Waals surface area contributed by atoms with Gasteiger partial charge in [0.1, 0.15) is 0 Å². The standard InChI is InChI=1S/C14H23NO3/c1-4-6-7-11(5-2)9-15-10(3)14(18)12(16)8-13(15)17/h8,11,17-18H,4-7,9H2,1-3H3. The van der Waals surface area contributed by atoms with Crippen LogP contribution in [0.1, 0.15) is 45.2 Å². The minimum atomic E-state index is -0.525. The minimum Gasteiger partial charge on any atom is -0.503 e. The van der Waals surface area contributed by atoms with Crippen LogP contribution in [0.2, 0.25) is 0 Å². The zero-order chi connectivity index (χ0) is 13.7. The number of pyridine rings is 1. The molecule has 0 spiro atoms. The largest absolute Gasteiger partial charge is 0.503 e. The van der Waals surface area contributed by atoms with Gasteiger partial charge in [0.2, 0.25) is 5.43 Å². The van der Waals surface area contributed by atoms with E-state index in [4.69, 9.17) is 0 Å². The van der Waals surface area contributed by atoms with E-state index in [1.54, 1.807) is 11.5 Å². The third kappa shape index (κ3) is 3.28. The Morgan fingerprint density at radius 2 is 2.00 bits per heavy atom. The second-order valence-corrected chi connectivity index (χ2v) is 4.83. The van der Waals surface area contributed by atoms with Crippen LogP contribution < -0.4 is 5.43 Å². The molecule has 0 aliphatic carbocycles. The van der Waals surface area contributed by atoms with Crippen molar-refractivity contribution in [1.29, 1.82) is 0 Å². The highest BCUT2D eigenvalue weighted by molar-refractivity contribution is 5.30. The molecule has 0 aromatic carbocycles. The van der Waals surface area contributed by atoms with Crippen molar-refractivity contribution in [2.45, 2.75) is 53.0 Å². The summed E-state index contributed by atoms with van der Waals surface area (Å²) < 4.78 is 1.63. The summed E-state index contributed by atoms with van der Waals surface area (Å²) in [5, 5.41) is 19.4. The fourth-order valence-corrected chi connectivity index (χ4v) is 2.15. The highest BCUT2D eigenvalue weighted by Gasteiger charge is 2.14. The Balaban J connectivity index is 2.96. The molecule has 0 radical (unpaired) electrons. The number of aromatic hydroxyl groups is 2. The first kappa shape index (κ1) is 14.6. The molecule has 4 heteroatoms. The molecule has 1 aromatic heterocycles. The van der Waals surface area contributed by atoms with Crippen LogP contribution in [0.3, 0.4) is 0 Å². The lowest BCUT2D eigenvalue weighted by Crippen LogP contribution is -2.16. The van der Waals surface area contributed by atoms with Gasteiger partial charge in [-0.15, -0.1) is 0 Å². The predicted octanol–water partition coefficient (Wildman–Crippen LogP) is 2.78. The summed E-state index contributed by atoms with van der Waals surface area (Å²) in [7, 11) is 0. The van der Waals surface area contributed by atoms with Crippen molar-refractivity contribution in [2.75, 3.05) is 0 Å². The molecular weight excluding hydrogens is 230 g/mol. The Morgan fingerprint density at radius 3 is 2.56 bits per heavy atom. The monoisotopic (exact) mass is 253 g/mol. The first-order valence-corrected chi connectivity index (χ1v) is 6.63. The van der Waals surface area contributed by atoms with E-state index in [0.29, 0.717) is 18.2 Å². The van der Waals surface area contributed by atoms with Gasteiger partial charge in [-0.2, -0.15) is 0 Å². The van der Waals surface area contributed by atoms with E-state index in [0.717, 1.165) is 31.7 Å². The van der Waals surface area contributed by atoms with Crippen molar-refractivity contribution in [3.8, 4) is 11.6 Å². The number of unbranched alkanes of at least 4 members (excludes halogenated alkanes) is 1. The molecule has 4 nitrogen and oxygen atoms in total. The number of aromatic nitrogens is 1. The van der Waals surface area contributed by atoms with E-state index >= 15 is 0 Å². The zero-order valence-corrected chi connectivity index (χ0v) is 11.4. The van der Waals surface area contributed by atoms with Crippen molar-refractivity contribution in [3.63, 3.8) is 0 Å². The van der Waals surface area contributed by atoms with Crippen molar-refractivity contribution < 1.29 is 10.2 Å². The molecule has 2 N–H and O–H groups in total. The quantitative estimate of drug-likeness (QED) is 0.819. The molecule has 1 heterocycles. The summed E-state index contributed by atoms with van der Waals surface area (Å²) in [4.78, 5) is 11.3. The summed E-state index contributed by atoms with van der Waals surface area (Å²) in [6, 6.07) is 1.08. The first-order chi connectivity index (χ1) is 8.51. The van der Waals surface area contributed by atoms with Gasteiger partial charge in [-0.3, -0.25) is 4.79 Å². The second-order valence-electron chi connectivity index (χ2n) is 4.83. The van der Waals surface area contributed by atoms with Gasteiger partial charge in [0, 0.05) is 12.6 Å². The van der Waals surface area contributed by atoms with Crippen molar-refractivity contribution in [2.24, 2.45) is 5.92 Å². The molecule has 1 rings (SSSR count). The lowest BCUT2D eigenvalue weighted by Gasteiger charge is -2.20. The minimum absolute atomic E-state index is 0.0646. The van der Waals surface area contributed by atoms with E-state index in [9.17, 15) is 15.0 Å². The summed E-state index contributed by atoms with van der Waals surface area (Å²) in [5.74, 6) is 0.125. The molecule has 1 atom stereocenters. The van der Waals surface area contributed by atoms with Crippen LogP contribution in [0.25, 0.3) is 0 Å². The lowest BCUT2D eigenvalue weighted by molar-refractivity contribution is 0.333. The van der Waals surface area contributed by atoms with Gasteiger partial charge in [-0.05, 0) is 19.3 Å². The van der Waals surface area contributed by atoms with Crippen LogP contribution in [0.4, 0.5) is 0 Å². The Labute approximate surface area is 108 Å². The smallest absolute Gasteiger partial charge is 0.227 e.